The van der Waals surface area contributed by atoms with Crippen LogP contribution in [0.25, 0.3) is 0 Å². The molecule has 0 unspecified atom stereocenters. The quantitative estimate of drug-likeness (QED) is 0.684. The average molecular weight is 428 g/mol. The van der Waals surface area contributed by atoms with Crippen molar-refractivity contribution in [3.05, 3.63) is 58.9 Å². The summed E-state index contributed by atoms with van der Waals surface area (Å²) in [6.07, 6.45) is 0.555. The zero-order valence-corrected chi connectivity index (χ0v) is 17.2. The van der Waals surface area contributed by atoms with E-state index < -0.39 is 21.7 Å². The number of halogens is 2. The van der Waals surface area contributed by atoms with E-state index in [1.807, 2.05) is 0 Å². The van der Waals surface area contributed by atoms with Crippen LogP contribution < -0.4 is 15.4 Å². The molecule has 1 heterocycles. The zero-order valence-electron chi connectivity index (χ0n) is 15.6. The Morgan fingerprint density at radius 1 is 1.21 bits per heavy atom. The third-order valence-electron chi connectivity index (χ3n) is 4.25. The van der Waals surface area contributed by atoms with E-state index in [1.165, 1.54) is 30.3 Å². The Labute approximate surface area is 170 Å². The van der Waals surface area contributed by atoms with Gasteiger partial charge in [0, 0.05) is 18.2 Å². The standard InChI is InChI=1S/C19H22FN3O3S.ClH/c1-12(2)23-27(25,26)15-5-3-4-13(10-15)19(24)22-17-7-6-14-11-21-9-8-16(14)18(17)20;/h3-7,10,12,21,23H,8-9,11H2,1-2H3,(H,22,24);1H. The van der Waals surface area contributed by atoms with Crippen molar-refractivity contribution >= 4 is 34.0 Å². The highest BCUT2D eigenvalue weighted by molar-refractivity contribution is 7.89. The van der Waals surface area contributed by atoms with Crippen molar-refractivity contribution in [3.63, 3.8) is 0 Å². The fourth-order valence-corrected chi connectivity index (χ4v) is 4.30. The van der Waals surface area contributed by atoms with Crippen LogP contribution in [0, 0.1) is 5.82 Å². The first-order valence-corrected chi connectivity index (χ1v) is 10.2. The van der Waals surface area contributed by atoms with Crippen LogP contribution in [0.4, 0.5) is 10.1 Å². The average Bonchev–Trinajstić information content (AvgIpc) is 2.63. The monoisotopic (exact) mass is 427 g/mol. The number of rotatable bonds is 5. The Hall–Kier alpha value is -2.00. The molecular weight excluding hydrogens is 405 g/mol. The number of sulfonamides is 1. The van der Waals surface area contributed by atoms with Crippen LogP contribution in [0.15, 0.2) is 41.3 Å². The molecule has 9 heteroatoms. The fourth-order valence-electron chi connectivity index (χ4n) is 3.01. The topological polar surface area (TPSA) is 87.3 Å². The molecule has 2 aromatic rings. The van der Waals surface area contributed by atoms with E-state index in [0.29, 0.717) is 25.1 Å². The molecule has 0 bridgehead atoms. The lowest BCUT2D eigenvalue weighted by Crippen LogP contribution is -2.30. The van der Waals surface area contributed by atoms with Gasteiger partial charge >= 0.3 is 0 Å². The van der Waals surface area contributed by atoms with E-state index in [0.717, 1.165) is 5.56 Å². The molecule has 0 fully saturated rings. The van der Waals surface area contributed by atoms with Crippen molar-refractivity contribution < 1.29 is 17.6 Å². The summed E-state index contributed by atoms with van der Waals surface area (Å²) in [7, 11) is -3.72. The number of hydrogen-bond donors (Lipinski definition) is 3. The summed E-state index contributed by atoms with van der Waals surface area (Å²) < 4.78 is 41.7. The summed E-state index contributed by atoms with van der Waals surface area (Å²) >= 11 is 0. The highest BCUT2D eigenvalue weighted by atomic mass is 35.5. The van der Waals surface area contributed by atoms with E-state index in [1.54, 1.807) is 19.9 Å². The Kier molecular flexibility index (Phi) is 7.16. The van der Waals surface area contributed by atoms with Crippen LogP contribution in [-0.4, -0.2) is 26.9 Å². The first-order chi connectivity index (χ1) is 12.8. The van der Waals surface area contributed by atoms with Gasteiger partial charge in [-0.2, -0.15) is 0 Å². The lowest BCUT2D eigenvalue weighted by atomic mass is 9.99. The maximum atomic E-state index is 14.7. The molecule has 0 aliphatic carbocycles. The van der Waals surface area contributed by atoms with Gasteiger partial charge in [0.15, 0.2) is 0 Å². The van der Waals surface area contributed by atoms with Gasteiger partial charge in [-0.1, -0.05) is 12.1 Å². The van der Waals surface area contributed by atoms with E-state index in [-0.39, 0.29) is 34.6 Å². The Morgan fingerprint density at radius 2 is 1.96 bits per heavy atom. The molecule has 0 aromatic heterocycles. The lowest BCUT2D eigenvalue weighted by Gasteiger charge is -2.19. The van der Waals surface area contributed by atoms with Gasteiger partial charge < -0.3 is 10.6 Å². The van der Waals surface area contributed by atoms with Crippen molar-refractivity contribution in [2.45, 2.75) is 37.8 Å². The minimum atomic E-state index is -3.72. The molecule has 6 nitrogen and oxygen atoms in total. The third kappa shape index (κ3) is 4.88. The van der Waals surface area contributed by atoms with Gasteiger partial charge in [0.1, 0.15) is 5.82 Å². The molecule has 1 aliphatic rings. The summed E-state index contributed by atoms with van der Waals surface area (Å²) in [6, 6.07) is 8.70. The van der Waals surface area contributed by atoms with Crippen molar-refractivity contribution in [3.8, 4) is 0 Å². The van der Waals surface area contributed by atoms with Gasteiger partial charge in [0.2, 0.25) is 10.0 Å². The molecule has 0 saturated carbocycles. The van der Waals surface area contributed by atoms with E-state index in [9.17, 15) is 17.6 Å². The predicted molar refractivity (Wildman–Crippen MR) is 109 cm³/mol. The van der Waals surface area contributed by atoms with Gasteiger partial charge in [-0.15, -0.1) is 12.4 Å². The Bertz CT molecular complexity index is 980. The summed E-state index contributed by atoms with van der Waals surface area (Å²) in [5.74, 6) is -1.00. The first kappa shape index (κ1) is 22.3. The first-order valence-electron chi connectivity index (χ1n) is 8.72. The second-order valence-corrected chi connectivity index (χ2v) is 8.46. The number of hydrogen-bond acceptors (Lipinski definition) is 4. The number of fused-ring (bicyclic) bond motifs is 1. The van der Waals surface area contributed by atoms with Crippen molar-refractivity contribution in [2.75, 3.05) is 11.9 Å². The van der Waals surface area contributed by atoms with Crippen LogP contribution in [0.3, 0.4) is 0 Å². The molecule has 0 atom stereocenters. The molecule has 2 aromatic carbocycles. The maximum absolute atomic E-state index is 14.7. The van der Waals surface area contributed by atoms with Crippen LogP contribution in [0.2, 0.25) is 0 Å². The molecule has 1 aliphatic heterocycles. The molecule has 28 heavy (non-hydrogen) atoms. The highest BCUT2D eigenvalue weighted by Gasteiger charge is 2.20. The number of carbonyl (C=O) groups excluding carboxylic acids is 1. The van der Waals surface area contributed by atoms with Crippen molar-refractivity contribution in [1.29, 1.82) is 0 Å². The molecule has 3 N–H and O–H groups in total. The second-order valence-electron chi connectivity index (χ2n) is 6.75. The molecule has 0 radical (unpaired) electrons. The Balaban J connectivity index is 0.00000280. The molecule has 1 amide bonds. The molecule has 0 spiro atoms. The van der Waals surface area contributed by atoms with Crippen molar-refractivity contribution in [1.82, 2.24) is 10.0 Å². The van der Waals surface area contributed by atoms with Gasteiger partial charge in [-0.3, -0.25) is 4.79 Å². The molecule has 0 saturated heterocycles. The molecule has 152 valence electrons. The summed E-state index contributed by atoms with van der Waals surface area (Å²) in [6.45, 7) is 4.71. The summed E-state index contributed by atoms with van der Waals surface area (Å²) in [5.41, 5.74) is 1.71. The van der Waals surface area contributed by atoms with E-state index in [2.05, 4.69) is 15.4 Å². The van der Waals surface area contributed by atoms with E-state index >= 15 is 0 Å². The van der Waals surface area contributed by atoms with Gasteiger partial charge in [-0.05, 0) is 62.2 Å². The number of anilines is 1. The van der Waals surface area contributed by atoms with Crippen LogP contribution in [-0.2, 0) is 23.0 Å². The minimum Gasteiger partial charge on any atom is -0.319 e. The van der Waals surface area contributed by atoms with Gasteiger partial charge in [0.25, 0.3) is 5.91 Å². The number of nitrogens with one attached hydrogen (secondary N) is 3. The third-order valence-corrected chi connectivity index (χ3v) is 5.91. The normalized spacial score (nSPS) is 13.6. The number of benzene rings is 2. The number of amides is 1. The van der Waals surface area contributed by atoms with Gasteiger partial charge in [-0.25, -0.2) is 17.5 Å². The van der Waals surface area contributed by atoms with Crippen LogP contribution in [0.5, 0.6) is 0 Å². The van der Waals surface area contributed by atoms with Crippen molar-refractivity contribution in [2.24, 2.45) is 0 Å². The Morgan fingerprint density at radius 3 is 2.68 bits per heavy atom. The van der Waals surface area contributed by atoms with E-state index in [4.69, 9.17) is 0 Å². The lowest BCUT2D eigenvalue weighted by molar-refractivity contribution is 0.102. The van der Waals surface area contributed by atoms with Crippen LogP contribution in [0.1, 0.15) is 35.3 Å². The second kappa shape index (κ2) is 9.00. The largest absolute Gasteiger partial charge is 0.319 e. The summed E-state index contributed by atoms with van der Waals surface area (Å²) in [4.78, 5) is 12.5. The smallest absolute Gasteiger partial charge is 0.255 e. The highest BCUT2D eigenvalue weighted by Crippen LogP contribution is 2.25. The number of carbonyl (C=O) groups is 1. The fraction of sp³-hybridized carbons (Fsp3) is 0.316. The van der Waals surface area contributed by atoms with Crippen LogP contribution >= 0.6 is 12.4 Å². The molecule has 3 rings (SSSR count). The molecular formula is C19H23ClFN3O3S. The maximum Gasteiger partial charge on any atom is 0.255 e. The summed E-state index contributed by atoms with van der Waals surface area (Å²) in [5, 5.41) is 5.72. The van der Waals surface area contributed by atoms with Gasteiger partial charge in [0.05, 0.1) is 10.6 Å². The SMILES string of the molecule is CC(C)NS(=O)(=O)c1cccc(C(=O)Nc2ccc3c(c2F)CCNC3)c1.Cl. The predicted octanol–water partition coefficient (Wildman–Crippen LogP) is 2.83. The zero-order chi connectivity index (χ0) is 19.6. The minimum absolute atomic E-state index is 0.